The fourth-order valence-electron chi connectivity index (χ4n) is 8.81. The second-order valence-corrected chi connectivity index (χ2v) is 14.8. The van der Waals surface area contributed by atoms with Crippen molar-refractivity contribution in [3.05, 3.63) is 211 Å². The largest absolute Gasteiger partial charge is 0.324 e. The summed E-state index contributed by atoms with van der Waals surface area (Å²) in [6.45, 7) is 0. The van der Waals surface area contributed by atoms with Crippen LogP contribution in [0.2, 0.25) is 0 Å². The number of hydrogen-bond donors (Lipinski definition) is 1. The van der Waals surface area contributed by atoms with Gasteiger partial charge in [0.2, 0.25) is 0 Å². The fraction of sp³-hybridized carbons (Fsp3) is 0.0962. The number of allylic oxidation sites excluding steroid dienone is 9. The van der Waals surface area contributed by atoms with Crippen molar-refractivity contribution in [2.24, 2.45) is 17.6 Å². The minimum Gasteiger partial charge on any atom is -0.324 e. The lowest BCUT2D eigenvalue weighted by atomic mass is 9.79. The van der Waals surface area contributed by atoms with Gasteiger partial charge < -0.3 is 10.3 Å². The zero-order valence-electron chi connectivity index (χ0n) is 30.6. The van der Waals surface area contributed by atoms with E-state index < -0.39 is 0 Å². The maximum Gasteiger partial charge on any atom is 0.0571 e. The molecule has 0 aliphatic heterocycles. The highest BCUT2D eigenvalue weighted by Gasteiger charge is 2.23. The Balaban J connectivity index is 0.935. The highest BCUT2D eigenvalue weighted by Crippen LogP contribution is 2.44. The lowest BCUT2D eigenvalue weighted by molar-refractivity contribution is 0.663. The molecule has 0 bridgehead atoms. The van der Waals surface area contributed by atoms with Gasteiger partial charge in [-0.05, 0) is 104 Å². The number of aromatic nitrogens is 2. The average Bonchev–Trinajstić information content (AvgIpc) is 3.58. The maximum atomic E-state index is 6.93. The Kier molecular flexibility index (Phi) is 8.43. The van der Waals surface area contributed by atoms with Gasteiger partial charge in [-0.1, -0.05) is 146 Å². The molecule has 3 unspecified atom stereocenters. The highest BCUT2D eigenvalue weighted by molar-refractivity contribution is 6.19. The summed E-state index contributed by atoms with van der Waals surface area (Å²) in [5.74, 6) is 0.803. The Morgan fingerprint density at radius 2 is 1.33 bits per heavy atom. The van der Waals surface area contributed by atoms with Crippen molar-refractivity contribution in [3.63, 3.8) is 0 Å². The van der Waals surface area contributed by atoms with Crippen molar-refractivity contribution < 1.29 is 0 Å². The minimum absolute atomic E-state index is 0.117. The zero-order valence-corrected chi connectivity index (χ0v) is 30.6. The fourth-order valence-corrected chi connectivity index (χ4v) is 8.81. The number of fused-ring (bicyclic) bond motifs is 6. The van der Waals surface area contributed by atoms with Gasteiger partial charge in [-0.25, -0.2) is 0 Å². The van der Waals surface area contributed by atoms with Crippen LogP contribution in [0.15, 0.2) is 194 Å². The molecule has 3 atom stereocenters. The first-order valence-corrected chi connectivity index (χ1v) is 19.3. The summed E-state index contributed by atoms with van der Waals surface area (Å²) in [5.41, 5.74) is 17.9. The molecule has 2 heterocycles. The van der Waals surface area contributed by atoms with Crippen molar-refractivity contribution in [1.82, 2.24) is 9.55 Å². The molecule has 0 spiro atoms. The normalized spacial score (nSPS) is 17.1. The van der Waals surface area contributed by atoms with Crippen LogP contribution in [0.25, 0.3) is 65.7 Å². The summed E-state index contributed by atoms with van der Waals surface area (Å²) >= 11 is 0. The Labute approximate surface area is 321 Å². The average molecular weight is 708 g/mol. The first-order valence-electron chi connectivity index (χ1n) is 19.3. The summed E-state index contributed by atoms with van der Waals surface area (Å²) in [4.78, 5) is 4.46. The predicted octanol–water partition coefficient (Wildman–Crippen LogP) is 12.7. The van der Waals surface area contributed by atoms with Crippen LogP contribution in [-0.4, -0.2) is 9.55 Å². The maximum absolute atomic E-state index is 6.93. The summed E-state index contributed by atoms with van der Waals surface area (Å²) in [7, 11) is 0. The van der Waals surface area contributed by atoms with Crippen LogP contribution in [-0.2, 0) is 6.42 Å². The monoisotopic (exact) mass is 707 g/mol. The molecule has 2 aliphatic carbocycles. The van der Waals surface area contributed by atoms with E-state index >= 15 is 0 Å². The van der Waals surface area contributed by atoms with Gasteiger partial charge in [-0.3, -0.25) is 4.98 Å². The topological polar surface area (TPSA) is 43.8 Å². The van der Waals surface area contributed by atoms with E-state index in [4.69, 9.17) is 5.73 Å². The molecular formula is C52H41N3. The van der Waals surface area contributed by atoms with Gasteiger partial charge in [-0.2, -0.15) is 0 Å². The summed E-state index contributed by atoms with van der Waals surface area (Å²) in [6.07, 6.45) is 26.0. The quantitative estimate of drug-likeness (QED) is 0.126. The molecule has 0 fully saturated rings. The third kappa shape index (κ3) is 5.94. The number of nitrogens with zero attached hydrogens (tertiary/aromatic N) is 2. The van der Waals surface area contributed by atoms with E-state index in [1.165, 1.54) is 71.2 Å². The van der Waals surface area contributed by atoms with E-state index in [1.807, 2.05) is 12.4 Å². The van der Waals surface area contributed by atoms with E-state index in [-0.39, 0.29) is 6.04 Å². The Hall–Kier alpha value is -6.55. The van der Waals surface area contributed by atoms with E-state index in [0.717, 1.165) is 24.1 Å². The van der Waals surface area contributed by atoms with Crippen LogP contribution < -0.4 is 5.73 Å². The van der Waals surface area contributed by atoms with E-state index in [1.54, 1.807) is 0 Å². The number of nitrogens with two attached hydrogens (primary N) is 1. The molecule has 0 saturated heterocycles. The molecule has 55 heavy (non-hydrogen) atoms. The van der Waals surface area contributed by atoms with Crippen molar-refractivity contribution >= 4 is 48.9 Å². The lowest BCUT2D eigenvalue weighted by Crippen LogP contribution is -2.11. The second kappa shape index (κ2) is 14.0. The number of pyridine rings is 1. The summed E-state index contributed by atoms with van der Waals surface area (Å²) in [5, 5.41) is 7.46. The smallest absolute Gasteiger partial charge is 0.0571 e. The number of benzene rings is 6. The van der Waals surface area contributed by atoms with E-state index in [0.29, 0.717) is 11.8 Å². The van der Waals surface area contributed by atoms with Crippen LogP contribution in [0.3, 0.4) is 0 Å². The summed E-state index contributed by atoms with van der Waals surface area (Å²) in [6, 6.07) is 46.0. The molecule has 264 valence electrons. The van der Waals surface area contributed by atoms with Gasteiger partial charge in [0.15, 0.2) is 0 Å². The molecule has 0 amide bonds. The van der Waals surface area contributed by atoms with Gasteiger partial charge in [0.1, 0.15) is 0 Å². The predicted molar refractivity (Wildman–Crippen MR) is 232 cm³/mol. The number of rotatable bonds is 8. The van der Waals surface area contributed by atoms with Crippen molar-refractivity contribution in [3.8, 4) is 16.8 Å². The first-order chi connectivity index (χ1) is 27.2. The third-order valence-corrected chi connectivity index (χ3v) is 11.5. The number of para-hydroxylation sites is 1. The van der Waals surface area contributed by atoms with E-state index in [9.17, 15) is 0 Å². The zero-order chi connectivity index (χ0) is 36.7. The van der Waals surface area contributed by atoms with Gasteiger partial charge in [0.05, 0.1) is 11.0 Å². The molecular weight excluding hydrogens is 667 g/mol. The third-order valence-electron chi connectivity index (χ3n) is 11.5. The van der Waals surface area contributed by atoms with Gasteiger partial charge >= 0.3 is 0 Å². The Bertz CT molecular complexity index is 2840. The van der Waals surface area contributed by atoms with Crippen LogP contribution in [0.5, 0.6) is 0 Å². The molecule has 3 nitrogen and oxygen atoms in total. The standard InChI is InChI=1S/C52H41N3/c53-48(24-11-4-13-35-25-28-49-46(31-35)47-34-54-30-29-50(47)55(49)41-18-2-1-3-19-41)38-16-12-17-39(33-38)51-42-20-7-9-22-44(42)52(45-23-10-8-21-43(45)51)40-27-26-36-14-5-6-15-37(36)32-40/h1-12,14-23,25-34,36-37,48H,13,24,53H2/b11-4-. The minimum atomic E-state index is -0.117. The molecule has 10 rings (SSSR count). The molecule has 6 aromatic carbocycles. The van der Waals surface area contributed by atoms with Gasteiger partial charge in [0, 0.05) is 46.7 Å². The Morgan fingerprint density at radius 3 is 2.11 bits per heavy atom. The summed E-state index contributed by atoms with van der Waals surface area (Å²) < 4.78 is 2.32. The molecule has 2 aliphatic rings. The molecule has 2 N–H and O–H groups in total. The molecule has 2 aromatic heterocycles. The van der Waals surface area contributed by atoms with Crippen LogP contribution >= 0.6 is 0 Å². The number of hydrogen-bond acceptors (Lipinski definition) is 2. The lowest BCUT2D eigenvalue weighted by Gasteiger charge is -2.25. The van der Waals surface area contributed by atoms with Crippen molar-refractivity contribution in [2.75, 3.05) is 0 Å². The molecule has 8 aromatic rings. The van der Waals surface area contributed by atoms with E-state index in [2.05, 4.69) is 192 Å². The second-order valence-electron chi connectivity index (χ2n) is 14.8. The van der Waals surface area contributed by atoms with Gasteiger partial charge in [-0.15, -0.1) is 0 Å². The van der Waals surface area contributed by atoms with Crippen LogP contribution in [0, 0.1) is 11.8 Å². The van der Waals surface area contributed by atoms with Gasteiger partial charge in [0.25, 0.3) is 0 Å². The Morgan fingerprint density at radius 1 is 0.618 bits per heavy atom. The highest BCUT2D eigenvalue weighted by atomic mass is 15.0. The molecule has 0 radical (unpaired) electrons. The van der Waals surface area contributed by atoms with Crippen molar-refractivity contribution in [1.29, 1.82) is 0 Å². The molecule has 0 saturated carbocycles. The van der Waals surface area contributed by atoms with Crippen LogP contribution in [0.4, 0.5) is 0 Å². The molecule has 3 heteroatoms. The van der Waals surface area contributed by atoms with Crippen LogP contribution in [0.1, 0.15) is 29.2 Å². The SMILES string of the molecule is NC(C/C=C\Cc1ccc2c(c1)c1cnccc1n2-c1ccccc1)c1cccc(-c2c3ccccc3c(C3=CC4C=CC=CC4C=C3)c3ccccc23)c1. The first kappa shape index (κ1) is 33.1. The van der Waals surface area contributed by atoms with Crippen molar-refractivity contribution in [2.45, 2.75) is 18.9 Å².